The van der Waals surface area contributed by atoms with Crippen molar-refractivity contribution in [1.29, 1.82) is 0 Å². The van der Waals surface area contributed by atoms with E-state index in [2.05, 4.69) is 17.2 Å². The summed E-state index contributed by atoms with van der Waals surface area (Å²) in [6, 6.07) is 24.4. The first-order valence-corrected chi connectivity index (χ1v) is 15.2. The highest BCUT2D eigenvalue weighted by molar-refractivity contribution is 6.03. The van der Waals surface area contributed by atoms with Crippen molar-refractivity contribution in [2.45, 2.75) is 45.6 Å². The van der Waals surface area contributed by atoms with Gasteiger partial charge in [0, 0.05) is 24.0 Å². The number of ether oxygens (including phenoxy) is 2. The molecule has 1 aromatic heterocycles. The van der Waals surface area contributed by atoms with Gasteiger partial charge in [-0.1, -0.05) is 50.8 Å². The Morgan fingerprint density at radius 3 is 2.11 bits per heavy atom. The van der Waals surface area contributed by atoms with Crippen LogP contribution in [0.3, 0.4) is 0 Å². The van der Waals surface area contributed by atoms with Crippen molar-refractivity contribution < 1.29 is 33.8 Å². The van der Waals surface area contributed by atoms with Crippen LogP contribution in [0.5, 0.6) is 11.5 Å². The Labute approximate surface area is 268 Å². The fourth-order valence-corrected chi connectivity index (χ4v) is 4.57. The quantitative estimate of drug-likeness (QED) is 0.0807. The molecular weight excluding hydrogens is 586 g/mol. The smallest absolute Gasteiger partial charge is 0.343 e. The zero-order chi connectivity index (χ0) is 32.7. The number of benzene rings is 3. The van der Waals surface area contributed by atoms with Crippen molar-refractivity contribution in [3.8, 4) is 11.5 Å². The second kappa shape index (κ2) is 17.1. The number of esters is 1. The number of anilines is 1. The highest BCUT2D eigenvalue weighted by Crippen LogP contribution is 2.19. The maximum absolute atomic E-state index is 13.2. The predicted molar refractivity (Wildman–Crippen MR) is 173 cm³/mol. The van der Waals surface area contributed by atoms with Crippen LogP contribution in [0.1, 0.15) is 75.8 Å². The van der Waals surface area contributed by atoms with Crippen LogP contribution in [0.15, 0.2) is 97.2 Å². The molecule has 2 N–H and O–H groups in total. The monoisotopic (exact) mass is 623 g/mol. The number of hydrogen-bond acceptors (Lipinski definition) is 7. The van der Waals surface area contributed by atoms with Crippen molar-refractivity contribution >= 4 is 29.4 Å². The molecule has 0 saturated heterocycles. The fourth-order valence-electron chi connectivity index (χ4n) is 4.57. The van der Waals surface area contributed by atoms with E-state index in [-0.39, 0.29) is 17.8 Å². The molecule has 2 amide bonds. The van der Waals surface area contributed by atoms with Crippen molar-refractivity contribution in [3.05, 3.63) is 120 Å². The molecule has 3 aromatic carbocycles. The number of carbonyl (C=O) groups excluding carboxylic acids is 3. The maximum Gasteiger partial charge on any atom is 0.343 e. The molecule has 1 heterocycles. The largest absolute Gasteiger partial charge is 0.494 e. The number of nitrogens with one attached hydrogen (secondary N) is 1. The Morgan fingerprint density at radius 1 is 0.783 bits per heavy atom. The first-order valence-electron chi connectivity index (χ1n) is 15.2. The van der Waals surface area contributed by atoms with Crippen molar-refractivity contribution in [2.75, 3.05) is 18.5 Å². The number of carboxylic acid groups (broad SMARTS) is 1. The van der Waals surface area contributed by atoms with E-state index in [1.165, 1.54) is 42.5 Å². The SMILES string of the molecule is CCCCCCCOc1ccc(C(=O)Oc2ccc(CN(CC(=O)O)C(=O)c3ccc(NC(=O)c4ccccn4)cc3)cc2)cc1. The predicted octanol–water partition coefficient (Wildman–Crippen LogP) is 6.63. The molecule has 10 nitrogen and oxygen atoms in total. The highest BCUT2D eigenvalue weighted by atomic mass is 16.5. The third-order valence-corrected chi connectivity index (χ3v) is 7.01. The van der Waals surface area contributed by atoms with Crippen LogP contribution in [-0.4, -0.2) is 51.9 Å². The Bertz CT molecular complexity index is 1590. The number of amides is 2. The van der Waals surface area contributed by atoms with Gasteiger partial charge in [0.2, 0.25) is 0 Å². The number of rotatable bonds is 16. The molecule has 0 radical (unpaired) electrons. The average Bonchev–Trinajstić information content (AvgIpc) is 3.07. The zero-order valence-corrected chi connectivity index (χ0v) is 25.7. The minimum absolute atomic E-state index is 0.0115. The molecule has 0 unspecified atom stereocenters. The highest BCUT2D eigenvalue weighted by Gasteiger charge is 2.20. The molecule has 0 saturated carbocycles. The lowest BCUT2D eigenvalue weighted by Crippen LogP contribution is -2.35. The molecule has 0 spiro atoms. The summed E-state index contributed by atoms with van der Waals surface area (Å²) in [6.45, 7) is 2.30. The summed E-state index contributed by atoms with van der Waals surface area (Å²) in [7, 11) is 0. The molecule has 238 valence electrons. The Balaban J connectivity index is 1.31. The molecule has 0 aliphatic heterocycles. The summed E-state index contributed by atoms with van der Waals surface area (Å²) in [5, 5.41) is 12.2. The number of carbonyl (C=O) groups is 4. The van der Waals surface area contributed by atoms with Gasteiger partial charge in [-0.2, -0.15) is 0 Å². The molecule has 0 fully saturated rings. The third kappa shape index (κ3) is 10.3. The second-order valence-corrected chi connectivity index (χ2v) is 10.6. The first kappa shape index (κ1) is 33.4. The van der Waals surface area contributed by atoms with Crippen LogP contribution in [0.25, 0.3) is 0 Å². The first-order chi connectivity index (χ1) is 22.3. The van der Waals surface area contributed by atoms with E-state index in [0.29, 0.717) is 34.9 Å². The number of nitrogens with zero attached hydrogens (tertiary/aromatic N) is 2. The average molecular weight is 624 g/mol. The van der Waals surface area contributed by atoms with E-state index in [9.17, 15) is 24.3 Å². The van der Waals surface area contributed by atoms with Gasteiger partial charge in [0.05, 0.1) is 12.2 Å². The van der Waals surface area contributed by atoms with Gasteiger partial charge in [-0.05, 0) is 84.8 Å². The van der Waals surface area contributed by atoms with Crippen LogP contribution >= 0.6 is 0 Å². The molecule has 0 aliphatic rings. The summed E-state index contributed by atoms with van der Waals surface area (Å²) in [6.07, 6.45) is 7.27. The lowest BCUT2D eigenvalue weighted by Gasteiger charge is -2.21. The number of aromatic nitrogens is 1. The fraction of sp³-hybridized carbons (Fsp3) is 0.250. The van der Waals surface area contributed by atoms with E-state index in [1.807, 2.05) is 0 Å². The van der Waals surface area contributed by atoms with Gasteiger partial charge in [0.25, 0.3) is 11.8 Å². The standard InChI is InChI=1S/C36H37N3O7/c1-2-3-4-5-8-23-45-30-20-14-28(15-21-30)36(44)46-31-18-10-26(11-19-31)24-39(25-33(40)41)35(43)27-12-16-29(17-13-27)38-34(42)32-9-6-7-22-37-32/h6-7,9-22H,2-5,8,23-25H2,1H3,(H,38,42)(H,40,41). The number of unbranched alkanes of at least 4 members (excludes halogenated alkanes) is 4. The van der Waals surface area contributed by atoms with Crippen LogP contribution in [0, 0.1) is 0 Å². The van der Waals surface area contributed by atoms with Crippen LogP contribution in [-0.2, 0) is 11.3 Å². The van der Waals surface area contributed by atoms with Gasteiger partial charge in [-0.25, -0.2) is 4.79 Å². The van der Waals surface area contributed by atoms with E-state index < -0.39 is 30.3 Å². The normalized spacial score (nSPS) is 10.5. The maximum atomic E-state index is 13.2. The lowest BCUT2D eigenvalue weighted by molar-refractivity contribution is -0.137. The number of carboxylic acids is 1. The van der Waals surface area contributed by atoms with Crippen molar-refractivity contribution in [3.63, 3.8) is 0 Å². The third-order valence-electron chi connectivity index (χ3n) is 7.01. The van der Waals surface area contributed by atoms with Crippen LogP contribution in [0.2, 0.25) is 0 Å². The lowest BCUT2D eigenvalue weighted by atomic mass is 10.1. The Kier molecular flexibility index (Phi) is 12.4. The van der Waals surface area contributed by atoms with Crippen LogP contribution < -0.4 is 14.8 Å². The Morgan fingerprint density at radius 2 is 1.46 bits per heavy atom. The molecule has 46 heavy (non-hydrogen) atoms. The summed E-state index contributed by atoms with van der Waals surface area (Å²) in [4.78, 5) is 55.0. The molecular formula is C36H37N3O7. The van der Waals surface area contributed by atoms with Crippen molar-refractivity contribution in [2.24, 2.45) is 0 Å². The van der Waals surface area contributed by atoms with Gasteiger partial charge >= 0.3 is 11.9 Å². The minimum Gasteiger partial charge on any atom is -0.494 e. The zero-order valence-electron chi connectivity index (χ0n) is 25.7. The topological polar surface area (TPSA) is 135 Å². The van der Waals surface area contributed by atoms with Gasteiger partial charge in [0.1, 0.15) is 23.7 Å². The number of aliphatic carboxylic acids is 1. The summed E-state index contributed by atoms with van der Waals surface area (Å²) < 4.78 is 11.2. The second-order valence-electron chi connectivity index (χ2n) is 10.6. The number of pyridine rings is 1. The molecule has 4 rings (SSSR count). The molecule has 0 bridgehead atoms. The van der Waals surface area contributed by atoms with E-state index in [0.717, 1.165) is 12.8 Å². The van der Waals surface area contributed by atoms with Crippen LogP contribution in [0.4, 0.5) is 5.69 Å². The summed E-state index contributed by atoms with van der Waals surface area (Å²) in [5.41, 5.74) is 1.98. The van der Waals surface area contributed by atoms with Crippen molar-refractivity contribution in [1.82, 2.24) is 9.88 Å². The number of hydrogen-bond donors (Lipinski definition) is 2. The van der Waals surface area contributed by atoms with E-state index in [1.54, 1.807) is 78.9 Å². The molecule has 0 aliphatic carbocycles. The van der Waals surface area contributed by atoms with E-state index in [4.69, 9.17) is 9.47 Å². The molecule has 4 aromatic rings. The van der Waals surface area contributed by atoms with Gasteiger partial charge in [-0.3, -0.25) is 19.4 Å². The molecule has 0 atom stereocenters. The Hall–Kier alpha value is -5.51. The molecule has 10 heteroatoms. The van der Waals surface area contributed by atoms with Gasteiger partial charge < -0.3 is 24.8 Å². The minimum atomic E-state index is -1.17. The summed E-state index contributed by atoms with van der Waals surface area (Å²) >= 11 is 0. The summed E-state index contributed by atoms with van der Waals surface area (Å²) in [5.74, 6) is -1.58. The van der Waals surface area contributed by atoms with Gasteiger partial charge in [0.15, 0.2) is 0 Å². The van der Waals surface area contributed by atoms with E-state index >= 15 is 0 Å². The van der Waals surface area contributed by atoms with Gasteiger partial charge in [-0.15, -0.1) is 0 Å².